The highest BCUT2D eigenvalue weighted by Gasteiger charge is 2.07. The second-order valence-corrected chi connectivity index (χ2v) is 6.00. The van der Waals surface area contributed by atoms with Crippen LogP contribution in [0.5, 0.6) is 0 Å². The van der Waals surface area contributed by atoms with Crippen molar-refractivity contribution < 1.29 is 0 Å². The first kappa shape index (κ1) is 14.1. The lowest BCUT2D eigenvalue weighted by Gasteiger charge is -1.99. The summed E-state index contributed by atoms with van der Waals surface area (Å²) >= 11 is 1.81. The van der Waals surface area contributed by atoms with Crippen molar-refractivity contribution in [3.63, 3.8) is 0 Å². The molecule has 4 heteroatoms. The van der Waals surface area contributed by atoms with Crippen LogP contribution in [-0.2, 0) is 6.42 Å². The Kier molecular flexibility index (Phi) is 5.02. The number of unbranched alkanes of at least 4 members (excludes halogenated alkanes) is 3. The Balaban J connectivity index is 2.03. The molecule has 2 rings (SSSR count). The summed E-state index contributed by atoms with van der Waals surface area (Å²) in [4.78, 5) is 15.6. The molecular formula is C15H21N3S. The monoisotopic (exact) mass is 275 g/mol. The van der Waals surface area contributed by atoms with Crippen LogP contribution in [0, 0.1) is 13.8 Å². The van der Waals surface area contributed by atoms with Crippen molar-refractivity contribution in [1.29, 1.82) is 0 Å². The first-order valence-electron chi connectivity index (χ1n) is 6.97. The third-order valence-corrected chi connectivity index (χ3v) is 4.16. The SMILES string of the molecule is CCCCCCc1ccc(-c2nc(C)nc(C)n2)s1. The van der Waals surface area contributed by atoms with Crippen molar-refractivity contribution in [3.05, 3.63) is 28.7 Å². The molecule has 0 radical (unpaired) electrons. The standard InChI is InChI=1S/C15H21N3S/c1-4-5-6-7-8-13-9-10-14(19-13)15-17-11(2)16-12(3)18-15/h9-10H,4-8H2,1-3H3. The van der Waals surface area contributed by atoms with Gasteiger partial charge in [0.2, 0.25) is 0 Å². The van der Waals surface area contributed by atoms with E-state index >= 15 is 0 Å². The molecule has 102 valence electrons. The van der Waals surface area contributed by atoms with E-state index in [2.05, 4.69) is 34.0 Å². The van der Waals surface area contributed by atoms with Gasteiger partial charge in [-0.05, 0) is 38.8 Å². The number of aryl methyl sites for hydroxylation is 3. The summed E-state index contributed by atoms with van der Waals surface area (Å²) < 4.78 is 0. The lowest BCUT2D eigenvalue weighted by molar-refractivity contribution is 0.670. The van der Waals surface area contributed by atoms with Crippen molar-refractivity contribution in [3.8, 4) is 10.7 Å². The summed E-state index contributed by atoms with van der Waals surface area (Å²) in [5, 5.41) is 0. The van der Waals surface area contributed by atoms with Gasteiger partial charge in [0, 0.05) is 4.88 Å². The fourth-order valence-corrected chi connectivity index (χ4v) is 3.07. The van der Waals surface area contributed by atoms with Crippen LogP contribution in [0.1, 0.15) is 49.1 Å². The average Bonchev–Trinajstić information content (AvgIpc) is 2.82. The highest BCUT2D eigenvalue weighted by atomic mass is 32.1. The van der Waals surface area contributed by atoms with Crippen LogP contribution < -0.4 is 0 Å². The number of thiophene rings is 1. The Morgan fingerprint density at radius 3 is 2.37 bits per heavy atom. The van der Waals surface area contributed by atoms with Gasteiger partial charge in [0.15, 0.2) is 5.82 Å². The van der Waals surface area contributed by atoms with Crippen LogP contribution in [0.15, 0.2) is 12.1 Å². The molecule has 0 saturated carbocycles. The molecule has 0 bridgehead atoms. The van der Waals surface area contributed by atoms with Gasteiger partial charge in [-0.25, -0.2) is 15.0 Å². The van der Waals surface area contributed by atoms with E-state index in [1.165, 1.54) is 37.0 Å². The minimum atomic E-state index is 0.792. The average molecular weight is 275 g/mol. The van der Waals surface area contributed by atoms with Crippen LogP contribution in [0.2, 0.25) is 0 Å². The summed E-state index contributed by atoms with van der Waals surface area (Å²) in [7, 11) is 0. The number of hydrogen-bond donors (Lipinski definition) is 0. The van der Waals surface area contributed by atoms with Gasteiger partial charge in [-0.1, -0.05) is 26.2 Å². The molecule has 0 aliphatic carbocycles. The van der Waals surface area contributed by atoms with Crippen molar-refractivity contribution in [2.45, 2.75) is 52.9 Å². The first-order chi connectivity index (χ1) is 9.19. The van der Waals surface area contributed by atoms with E-state index in [1.807, 2.05) is 25.2 Å². The van der Waals surface area contributed by atoms with E-state index in [4.69, 9.17) is 0 Å². The maximum atomic E-state index is 4.42. The van der Waals surface area contributed by atoms with E-state index in [0.29, 0.717) is 0 Å². The zero-order chi connectivity index (χ0) is 13.7. The van der Waals surface area contributed by atoms with Crippen LogP contribution in [0.3, 0.4) is 0 Å². The lowest BCUT2D eigenvalue weighted by Crippen LogP contribution is -1.97. The minimum absolute atomic E-state index is 0.792. The molecule has 2 aromatic rings. The third-order valence-electron chi connectivity index (χ3n) is 3.02. The fraction of sp³-hybridized carbons (Fsp3) is 0.533. The minimum Gasteiger partial charge on any atom is -0.219 e. The van der Waals surface area contributed by atoms with E-state index in [1.54, 1.807) is 0 Å². The number of rotatable bonds is 6. The van der Waals surface area contributed by atoms with Crippen LogP contribution in [0.4, 0.5) is 0 Å². The molecule has 0 aliphatic rings. The Morgan fingerprint density at radius 1 is 0.947 bits per heavy atom. The molecule has 0 unspecified atom stereocenters. The molecule has 0 amide bonds. The smallest absolute Gasteiger partial charge is 0.173 e. The second kappa shape index (κ2) is 6.75. The summed E-state index contributed by atoms with van der Waals surface area (Å²) in [6, 6.07) is 4.34. The fourth-order valence-electron chi connectivity index (χ4n) is 2.08. The molecule has 2 heterocycles. The maximum Gasteiger partial charge on any atom is 0.173 e. The molecule has 0 N–H and O–H groups in total. The van der Waals surface area contributed by atoms with Crippen molar-refractivity contribution in [2.75, 3.05) is 0 Å². The lowest BCUT2D eigenvalue weighted by atomic mass is 10.1. The predicted octanol–water partition coefficient (Wildman–Crippen LogP) is 4.34. The molecule has 19 heavy (non-hydrogen) atoms. The second-order valence-electron chi connectivity index (χ2n) is 4.83. The van der Waals surface area contributed by atoms with Crippen molar-refractivity contribution >= 4 is 11.3 Å². The van der Waals surface area contributed by atoms with Gasteiger partial charge in [-0.3, -0.25) is 0 Å². The van der Waals surface area contributed by atoms with Gasteiger partial charge >= 0.3 is 0 Å². The van der Waals surface area contributed by atoms with Gasteiger partial charge in [0.1, 0.15) is 11.6 Å². The molecular weight excluding hydrogens is 254 g/mol. The number of hydrogen-bond acceptors (Lipinski definition) is 4. The predicted molar refractivity (Wildman–Crippen MR) is 80.5 cm³/mol. The molecule has 0 spiro atoms. The van der Waals surface area contributed by atoms with Crippen LogP contribution in [-0.4, -0.2) is 15.0 Å². The topological polar surface area (TPSA) is 38.7 Å². The molecule has 0 atom stereocenters. The Labute approximate surface area is 119 Å². The van der Waals surface area contributed by atoms with Gasteiger partial charge in [0.25, 0.3) is 0 Å². The number of nitrogens with zero attached hydrogens (tertiary/aromatic N) is 3. The summed E-state index contributed by atoms with van der Waals surface area (Å²) in [5.74, 6) is 2.40. The van der Waals surface area contributed by atoms with E-state index in [9.17, 15) is 0 Å². The summed E-state index contributed by atoms with van der Waals surface area (Å²) in [5.41, 5.74) is 0. The highest BCUT2D eigenvalue weighted by Crippen LogP contribution is 2.26. The molecule has 2 aromatic heterocycles. The van der Waals surface area contributed by atoms with Gasteiger partial charge in [0.05, 0.1) is 4.88 Å². The van der Waals surface area contributed by atoms with Crippen LogP contribution >= 0.6 is 11.3 Å². The Hall–Kier alpha value is -1.29. The van der Waals surface area contributed by atoms with E-state index in [-0.39, 0.29) is 0 Å². The van der Waals surface area contributed by atoms with Gasteiger partial charge < -0.3 is 0 Å². The van der Waals surface area contributed by atoms with Gasteiger partial charge in [-0.15, -0.1) is 11.3 Å². The quantitative estimate of drug-likeness (QED) is 0.736. The molecule has 0 saturated heterocycles. The third kappa shape index (κ3) is 4.10. The van der Waals surface area contributed by atoms with E-state index < -0.39 is 0 Å². The summed E-state index contributed by atoms with van der Waals surface area (Å²) in [6.45, 7) is 6.07. The van der Waals surface area contributed by atoms with Gasteiger partial charge in [-0.2, -0.15) is 0 Å². The van der Waals surface area contributed by atoms with E-state index in [0.717, 1.165) is 22.4 Å². The van der Waals surface area contributed by atoms with Crippen LogP contribution in [0.25, 0.3) is 10.7 Å². The zero-order valence-corrected chi connectivity index (χ0v) is 12.8. The molecule has 3 nitrogen and oxygen atoms in total. The summed E-state index contributed by atoms with van der Waals surface area (Å²) in [6.07, 6.45) is 6.41. The normalized spacial score (nSPS) is 10.9. The largest absolute Gasteiger partial charge is 0.219 e. The molecule has 0 fully saturated rings. The van der Waals surface area contributed by atoms with Crippen molar-refractivity contribution in [1.82, 2.24) is 15.0 Å². The maximum absolute atomic E-state index is 4.42. The highest BCUT2D eigenvalue weighted by molar-refractivity contribution is 7.15. The first-order valence-corrected chi connectivity index (χ1v) is 7.79. The Bertz CT molecular complexity index is 514. The molecule has 0 aromatic carbocycles. The van der Waals surface area contributed by atoms with Crippen molar-refractivity contribution in [2.24, 2.45) is 0 Å². The molecule has 0 aliphatic heterocycles. The Morgan fingerprint density at radius 2 is 1.68 bits per heavy atom. The zero-order valence-electron chi connectivity index (χ0n) is 11.9. The number of aromatic nitrogens is 3.